The van der Waals surface area contributed by atoms with E-state index >= 15 is 0 Å². The fraction of sp³-hybridized carbons (Fsp3) is 0.154. The van der Waals surface area contributed by atoms with E-state index in [4.69, 9.17) is 5.11 Å². The number of carboxylic acid groups (broad SMARTS) is 1. The molecule has 0 atom stereocenters. The van der Waals surface area contributed by atoms with Crippen LogP contribution in [0.3, 0.4) is 0 Å². The highest BCUT2D eigenvalue weighted by Gasteiger charge is 2.15. The molecule has 7 heteroatoms. The normalized spacial score (nSPS) is 10.1. The lowest BCUT2D eigenvalue weighted by Crippen LogP contribution is -2.15. The number of nitrogens with one attached hydrogen (secondary N) is 1. The lowest BCUT2D eigenvalue weighted by Gasteiger charge is -2.11. The molecular formula is C13H13N3O3S. The van der Waals surface area contributed by atoms with Crippen LogP contribution in [0.15, 0.2) is 29.8 Å². The predicted molar refractivity (Wildman–Crippen MR) is 77.8 cm³/mol. The molecule has 0 spiro atoms. The number of carbonyl (C=O) groups excluding carboxylic acids is 1. The molecule has 2 rings (SSSR count). The van der Waals surface area contributed by atoms with Crippen LogP contribution in [0.2, 0.25) is 0 Å². The van der Waals surface area contributed by atoms with Gasteiger partial charge in [0.25, 0.3) is 5.91 Å². The minimum atomic E-state index is -1.06. The summed E-state index contributed by atoms with van der Waals surface area (Å²) < 4.78 is 0. The van der Waals surface area contributed by atoms with Gasteiger partial charge in [-0.3, -0.25) is 4.79 Å². The number of aromatic nitrogens is 1. The first kappa shape index (κ1) is 14.0. The maximum absolute atomic E-state index is 12.0. The maximum Gasteiger partial charge on any atom is 0.348 e. The van der Waals surface area contributed by atoms with Gasteiger partial charge in [0, 0.05) is 20.3 Å². The molecule has 0 saturated heterocycles. The summed E-state index contributed by atoms with van der Waals surface area (Å²) in [6, 6.07) is 4.93. The van der Waals surface area contributed by atoms with Crippen LogP contribution in [0.1, 0.15) is 20.0 Å². The molecule has 2 aromatic rings. The number of carbonyl (C=O) groups is 2. The first-order chi connectivity index (χ1) is 9.49. The van der Waals surface area contributed by atoms with E-state index in [1.165, 1.54) is 6.20 Å². The molecule has 0 aliphatic rings. The predicted octanol–water partition coefficient (Wildman–Crippen LogP) is 2.16. The van der Waals surface area contributed by atoms with E-state index in [1.54, 1.807) is 23.6 Å². The van der Waals surface area contributed by atoms with Crippen LogP contribution >= 0.6 is 11.3 Å². The number of carboxylic acids is 1. The Hall–Kier alpha value is -2.41. The third-order valence-electron chi connectivity index (χ3n) is 2.58. The molecular weight excluding hydrogens is 278 g/mol. The fourth-order valence-corrected chi connectivity index (χ4v) is 2.24. The van der Waals surface area contributed by atoms with Crippen LogP contribution in [-0.4, -0.2) is 36.1 Å². The molecule has 20 heavy (non-hydrogen) atoms. The summed E-state index contributed by atoms with van der Waals surface area (Å²) in [5.41, 5.74) is 0.669. The highest BCUT2D eigenvalue weighted by molar-refractivity contribution is 7.12. The van der Waals surface area contributed by atoms with Crippen molar-refractivity contribution < 1.29 is 14.7 Å². The summed E-state index contributed by atoms with van der Waals surface area (Å²) >= 11 is 1.06. The number of rotatable bonds is 4. The molecule has 0 aromatic carbocycles. The number of nitrogens with zero attached hydrogens (tertiary/aromatic N) is 2. The molecule has 6 nitrogen and oxygen atoms in total. The van der Waals surface area contributed by atoms with Crippen molar-refractivity contribution in [1.82, 2.24) is 4.98 Å². The summed E-state index contributed by atoms with van der Waals surface area (Å²) in [5, 5.41) is 13.2. The van der Waals surface area contributed by atoms with Crippen LogP contribution in [0, 0.1) is 0 Å². The van der Waals surface area contributed by atoms with Crippen molar-refractivity contribution in [3.8, 4) is 0 Å². The number of pyridine rings is 1. The van der Waals surface area contributed by atoms with Gasteiger partial charge < -0.3 is 15.3 Å². The Morgan fingerprint density at radius 1 is 1.30 bits per heavy atom. The zero-order valence-corrected chi connectivity index (χ0v) is 11.8. The van der Waals surface area contributed by atoms with E-state index in [9.17, 15) is 9.59 Å². The third-order valence-corrected chi connectivity index (χ3v) is 3.48. The molecule has 2 aromatic heterocycles. The molecule has 104 valence electrons. The van der Waals surface area contributed by atoms with Crippen molar-refractivity contribution in [2.75, 3.05) is 24.3 Å². The topological polar surface area (TPSA) is 82.5 Å². The smallest absolute Gasteiger partial charge is 0.348 e. The minimum Gasteiger partial charge on any atom is -0.477 e. The van der Waals surface area contributed by atoms with Gasteiger partial charge >= 0.3 is 5.97 Å². The van der Waals surface area contributed by atoms with Crippen molar-refractivity contribution in [3.05, 3.63) is 40.2 Å². The number of amides is 1. The molecule has 0 aliphatic carbocycles. The summed E-state index contributed by atoms with van der Waals surface area (Å²) in [7, 11) is 3.71. The number of hydrogen-bond acceptors (Lipinski definition) is 5. The van der Waals surface area contributed by atoms with Crippen LogP contribution in [0.5, 0.6) is 0 Å². The molecule has 0 bridgehead atoms. The van der Waals surface area contributed by atoms with Crippen LogP contribution in [-0.2, 0) is 0 Å². The third kappa shape index (κ3) is 2.94. The van der Waals surface area contributed by atoms with Crippen molar-refractivity contribution in [1.29, 1.82) is 0 Å². The Kier molecular flexibility index (Phi) is 3.99. The molecule has 0 fully saturated rings. The Labute approximate surface area is 119 Å². The average Bonchev–Trinajstić information content (AvgIpc) is 2.87. The highest BCUT2D eigenvalue weighted by Crippen LogP contribution is 2.22. The van der Waals surface area contributed by atoms with Crippen molar-refractivity contribution >= 4 is 34.7 Å². The highest BCUT2D eigenvalue weighted by atomic mass is 32.1. The van der Waals surface area contributed by atoms with E-state index in [1.807, 2.05) is 19.0 Å². The van der Waals surface area contributed by atoms with Gasteiger partial charge in [0.1, 0.15) is 10.7 Å². The first-order valence-corrected chi connectivity index (χ1v) is 6.62. The Bertz CT molecular complexity index is 635. The van der Waals surface area contributed by atoms with Crippen LogP contribution < -0.4 is 10.2 Å². The van der Waals surface area contributed by atoms with Crippen molar-refractivity contribution in [3.63, 3.8) is 0 Å². The Balaban J connectivity index is 2.15. The van der Waals surface area contributed by atoms with E-state index in [0.717, 1.165) is 17.2 Å². The van der Waals surface area contributed by atoms with E-state index in [2.05, 4.69) is 10.3 Å². The second-order valence-electron chi connectivity index (χ2n) is 4.22. The molecule has 1 amide bonds. The summed E-state index contributed by atoms with van der Waals surface area (Å²) in [4.78, 5) is 29.0. The second-order valence-corrected chi connectivity index (χ2v) is 5.14. The van der Waals surface area contributed by atoms with E-state index in [-0.39, 0.29) is 10.8 Å². The lowest BCUT2D eigenvalue weighted by atomic mass is 10.2. The fourth-order valence-electron chi connectivity index (χ4n) is 1.55. The van der Waals surface area contributed by atoms with Crippen LogP contribution in [0.25, 0.3) is 0 Å². The summed E-state index contributed by atoms with van der Waals surface area (Å²) in [6.07, 6.45) is 1.46. The molecule has 2 heterocycles. The van der Waals surface area contributed by atoms with Gasteiger partial charge in [-0.15, -0.1) is 11.3 Å². The second kappa shape index (κ2) is 5.70. The lowest BCUT2D eigenvalue weighted by molar-refractivity contribution is 0.0703. The monoisotopic (exact) mass is 291 g/mol. The van der Waals surface area contributed by atoms with Gasteiger partial charge in [0.2, 0.25) is 0 Å². The molecule has 0 radical (unpaired) electrons. The van der Waals surface area contributed by atoms with Gasteiger partial charge in [-0.2, -0.15) is 0 Å². The molecule has 0 unspecified atom stereocenters. The van der Waals surface area contributed by atoms with E-state index < -0.39 is 5.97 Å². The van der Waals surface area contributed by atoms with Gasteiger partial charge in [-0.05, 0) is 23.6 Å². The van der Waals surface area contributed by atoms with Crippen LogP contribution in [0.4, 0.5) is 11.5 Å². The average molecular weight is 291 g/mol. The minimum absolute atomic E-state index is 0.108. The van der Waals surface area contributed by atoms with Gasteiger partial charge in [0.15, 0.2) is 0 Å². The molecule has 0 saturated carbocycles. The summed E-state index contributed by atoms with van der Waals surface area (Å²) in [5.74, 6) is -0.705. The first-order valence-electron chi connectivity index (χ1n) is 5.74. The Morgan fingerprint density at radius 2 is 2.05 bits per heavy atom. The van der Waals surface area contributed by atoms with Crippen molar-refractivity contribution in [2.24, 2.45) is 0 Å². The number of anilines is 2. The van der Waals surface area contributed by atoms with Crippen molar-refractivity contribution in [2.45, 2.75) is 0 Å². The standard InChI is InChI=1S/C13H13N3O3S/c1-16(2)10-4-3-8(7-14-10)12(17)15-9-5-6-20-11(9)13(18)19/h3-7H,1-2H3,(H,15,17)(H,18,19). The Morgan fingerprint density at radius 3 is 2.60 bits per heavy atom. The summed E-state index contributed by atoms with van der Waals surface area (Å²) in [6.45, 7) is 0. The number of thiophene rings is 1. The van der Waals surface area contributed by atoms with Gasteiger partial charge in [-0.1, -0.05) is 0 Å². The SMILES string of the molecule is CN(C)c1ccc(C(=O)Nc2ccsc2C(=O)O)cn1. The van der Waals surface area contributed by atoms with E-state index in [0.29, 0.717) is 11.3 Å². The molecule has 2 N–H and O–H groups in total. The zero-order valence-electron chi connectivity index (χ0n) is 11.0. The zero-order chi connectivity index (χ0) is 14.7. The largest absolute Gasteiger partial charge is 0.477 e. The quantitative estimate of drug-likeness (QED) is 0.902. The number of hydrogen-bond donors (Lipinski definition) is 2. The van der Waals surface area contributed by atoms with Gasteiger partial charge in [-0.25, -0.2) is 9.78 Å². The number of aromatic carboxylic acids is 1. The molecule has 0 aliphatic heterocycles. The maximum atomic E-state index is 12.0. The van der Waals surface area contributed by atoms with Gasteiger partial charge in [0.05, 0.1) is 11.3 Å².